The SMILES string of the molecule is C[C@H]1[C@H](c2ccccc2)OCCN1S(=O)(=O)c1ccc2c(c1)n(C)c(=O)c(=O)n2C. The summed E-state index contributed by atoms with van der Waals surface area (Å²) in [5.74, 6) is 0. The summed E-state index contributed by atoms with van der Waals surface area (Å²) in [4.78, 5) is 24.3. The van der Waals surface area contributed by atoms with Crippen LogP contribution in [0.15, 0.2) is 63.0 Å². The van der Waals surface area contributed by atoms with Crippen LogP contribution in [0.3, 0.4) is 0 Å². The number of morpholine rings is 1. The van der Waals surface area contributed by atoms with Crippen LogP contribution in [0.4, 0.5) is 0 Å². The van der Waals surface area contributed by atoms with E-state index >= 15 is 0 Å². The summed E-state index contributed by atoms with van der Waals surface area (Å²) in [6.07, 6.45) is -0.375. The highest BCUT2D eigenvalue weighted by Crippen LogP contribution is 2.32. The van der Waals surface area contributed by atoms with E-state index in [2.05, 4.69) is 0 Å². The molecule has 2 heterocycles. The van der Waals surface area contributed by atoms with Crippen molar-refractivity contribution in [3.63, 3.8) is 0 Å². The van der Waals surface area contributed by atoms with Crippen molar-refractivity contribution in [1.29, 1.82) is 0 Å². The Labute approximate surface area is 174 Å². The molecule has 1 aromatic heterocycles. The molecule has 0 unspecified atom stereocenters. The van der Waals surface area contributed by atoms with E-state index in [0.29, 0.717) is 11.0 Å². The molecule has 0 spiro atoms. The first-order valence-electron chi connectivity index (χ1n) is 9.61. The number of sulfonamides is 1. The Balaban J connectivity index is 1.79. The molecule has 1 saturated heterocycles. The van der Waals surface area contributed by atoms with Gasteiger partial charge in [-0.05, 0) is 30.7 Å². The predicted molar refractivity (Wildman–Crippen MR) is 113 cm³/mol. The van der Waals surface area contributed by atoms with Crippen molar-refractivity contribution in [2.24, 2.45) is 14.1 Å². The summed E-state index contributed by atoms with van der Waals surface area (Å²) >= 11 is 0. The largest absolute Gasteiger partial charge is 0.370 e. The highest BCUT2D eigenvalue weighted by atomic mass is 32.2. The van der Waals surface area contributed by atoms with Crippen molar-refractivity contribution in [3.8, 4) is 0 Å². The number of aromatic nitrogens is 2. The van der Waals surface area contributed by atoms with Gasteiger partial charge in [0.2, 0.25) is 10.0 Å². The number of hydrogen-bond acceptors (Lipinski definition) is 5. The van der Waals surface area contributed by atoms with Gasteiger partial charge >= 0.3 is 11.1 Å². The van der Waals surface area contributed by atoms with Crippen LogP contribution in [-0.4, -0.2) is 41.1 Å². The summed E-state index contributed by atoms with van der Waals surface area (Å²) in [5, 5.41) is 0. The average molecular weight is 429 g/mol. The van der Waals surface area contributed by atoms with Crippen LogP contribution in [0, 0.1) is 0 Å². The monoisotopic (exact) mass is 429 g/mol. The van der Waals surface area contributed by atoms with Crippen molar-refractivity contribution in [2.45, 2.75) is 24.0 Å². The molecule has 2 atom stereocenters. The zero-order chi connectivity index (χ0) is 21.6. The lowest BCUT2D eigenvalue weighted by Gasteiger charge is -2.38. The molecule has 0 amide bonds. The molecule has 2 aromatic carbocycles. The van der Waals surface area contributed by atoms with Crippen molar-refractivity contribution >= 4 is 21.1 Å². The van der Waals surface area contributed by atoms with Gasteiger partial charge in [0.25, 0.3) is 0 Å². The second kappa shape index (κ2) is 7.50. The molecule has 0 saturated carbocycles. The average Bonchev–Trinajstić information content (AvgIpc) is 2.76. The first-order valence-corrected chi connectivity index (χ1v) is 11.1. The van der Waals surface area contributed by atoms with Crippen LogP contribution >= 0.6 is 0 Å². The zero-order valence-electron chi connectivity index (χ0n) is 17.0. The van der Waals surface area contributed by atoms with Gasteiger partial charge in [-0.15, -0.1) is 0 Å². The first kappa shape index (κ1) is 20.5. The number of nitrogens with zero attached hydrogens (tertiary/aromatic N) is 3. The smallest absolute Gasteiger partial charge is 0.316 e. The number of hydrogen-bond donors (Lipinski definition) is 0. The van der Waals surface area contributed by atoms with Gasteiger partial charge in [0.1, 0.15) is 0 Å². The summed E-state index contributed by atoms with van der Waals surface area (Å²) in [5.41, 5.74) is 0.416. The third-order valence-corrected chi connectivity index (χ3v) is 7.68. The topological polar surface area (TPSA) is 90.6 Å². The third kappa shape index (κ3) is 3.19. The Bertz CT molecular complexity index is 1330. The summed E-state index contributed by atoms with van der Waals surface area (Å²) < 4.78 is 36.7. The highest BCUT2D eigenvalue weighted by Gasteiger charge is 2.38. The predicted octanol–water partition coefficient (Wildman–Crippen LogP) is 1.39. The molecule has 0 N–H and O–H groups in total. The number of ether oxygens (including phenoxy) is 1. The Kier molecular flexibility index (Phi) is 5.13. The van der Waals surface area contributed by atoms with Gasteiger partial charge in [-0.25, -0.2) is 8.42 Å². The highest BCUT2D eigenvalue weighted by molar-refractivity contribution is 7.89. The molecule has 9 heteroatoms. The van der Waals surface area contributed by atoms with Crippen molar-refractivity contribution in [3.05, 3.63) is 74.8 Å². The maximum Gasteiger partial charge on any atom is 0.316 e. The molecule has 30 heavy (non-hydrogen) atoms. The molecule has 0 aliphatic carbocycles. The zero-order valence-corrected chi connectivity index (χ0v) is 17.8. The van der Waals surface area contributed by atoms with Crippen LogP contribution in [0.2, 0.25) is 0 Å². The quantitative estimate of drug-likeness (QED) is 0.587. The summed E-state index contributed by atoms with van der Waals surface area (Å²) in [6.45, 7) is 2.34. The van der Waals surface area contributed by atoms with Crippen molar-refractivity contribution in [1.82, 2.24) is 13.4 Å². The van der Waals surface area contributed by atoms with E-state index in [4.69, 9.17) is 4.74 Å². The minimum Gasteiger partial charge on any atom is -0.370 e. The van der Waals surface area contributed by atoms with E-state index < -0.39 is 27.2 Å². The molecule has 1 aliphatic heterocycles. The van der Waals surface area contributed by atoms with Gasteiger partial charge in [-0.1, -0.05) is 30.3 Å². The van der Waals surface area contributed by atoms with E-state index in [1.807, 2.05) is 37.3 Å². The van der Waals surface area contributed by atoms with Gasteiger partial charge in [0.15, 0.2) is 0 Å². The van der Waals surface area contributed by atoms with E-state index in [1.54, 1.807) is 6.07 Å². The van der Waals surface area contributed by atoms with Gasteiger partial charge < -0.3 is 13.9 Å². The minimum atomic E-state index is -3.85. The molecule has 4 rings (SSSR count). The normalized spacial score (nSPS) is 20.5. The fourth-order valence-corrected chi connectivity index (χ4v) is 5.61. The second-order valence-electron chi connectivity index (χ2n) is 7.44. The molecule has 3 aromatic rings. The lowest BCUT2D eigenvalue weighted by molar-refractivity contribution is -0.0361. The van der Waals surface area contributed by atoms with E-state index in [-0.39, 0.29) is 24.2 Å². The Morgan fingerprint density at radius 1 is 0.933 bits per heavy atom. The van der Waals surface area contributed by atoms with Crippen molar-refractivity contribution < 1.29 is 13.2 Å². The molecule has 8 nitrogen and oxygen atoms in total. The maximum absolute atomic E-state index is 13.5. The van der Waals surface area contributed by atoms with Crippen molar-refractivity contribution in [2.75, 3.05) is 13.2 Å². The fourth-order valence-electron chi connectivity index (χ4n) is 3.98. The van der Waals surface area contributed by atoms with Crippen LogP contribution < -0.4 is 11.1 Å². The third-order valence-electron chi connectivity index (χ3n) is 5.70. The Hall–Kier alpha value is -2.75. The van der Waals surface area contributed by atoms with Crippen LogP contribution in [0.1, 0.15) is 18.6 Å². The second-order valence-corrected chi connectivity index (χ2v) is 9.33. The number of fused-ring (bicyclic) bond motifs is 1. The Morgan fingerprint density at radius 2 is 1.57 bits per heavy atom. The molecule has 1 fully saturated rings. The van der Waals surface area contributed by atoms with Gasteiger partial charge in [-0.2, -0.15) is 4.31 Å². The van der Waals surface area contributed by atoms with Crippen LogP contribution in [-0.2, 0) is 28.9 Å². The molecular formula is C21H23N3O5S. The summed E-state index contributed by atoms with van der Waals surface area (Å²) in [6, 6.07) is 13.6. The molecule has 0 radical (unpaired) electrons. The lowest BCUT2D eigenvalue weighted by atomic mass is 10.0. The lowest BCUT2D eigenvalue weighted by Crippen LogP contribution is -2.48. The number of rotatable bonds is 3. The molecule has 1 aliphatic rings. The van der Waals surface area contributed by atoms with E-state index in [0.717, 1.165) is 5.56 Å². The van der Waals surface area contributed by atoms with Crippen LogP contribution in [0.5, 0.6) is 0 Å². The van der Waals surface area contributed by atoms with E-state index in [9.17, 15) is 18.0 Å². The standard InChI is InChI=1S/C21H23N3O5S/c1-14-19(15-7-5-4-6-8-15)29-12-11-24(14)30(27,28)16-9-10-17-18(13-16)23(3)21(26)20(25)22(17)2/h4-10,13-14,19H,11-12H2,1-3H3/t14-,19+/m0/s1. The maximum atomic E-state index is 13.5. The molecule has 158 valence electrons. The van der Waals surface area contributed by atoms with Gasteiger partial charge in [0, 0.05) is 20.6 Å². The fraction of sp³-hybridized carbons (Fsp3) is 0.333. The number of benzene rings is 2. The molecular weight excluding hydrogens is 406 g/mol. The van der Waals surface area contributed by atoms with E-state index in [1.165, 1.54) is 39.7 Å². The summed E-state index contributed by atoms with van der Waals surface area (Å²) in [7, 11) is -0.887. The first-order chi connectivity index (χ1) is 14.2. The minimum absolute atomic E-state index is 0.0733. The van der Waals surface area contributed by atoms with Crippen LogP contribution in [0.25, 0.3) is 11.0 Å². The van der Waals surface area contributed by atoms with Gasteiger partial charge in [-0.3, -0.25) is 9.59 Å². The van der Waals surface area contributed by atoms with Gasteiger partial charge in [0.05, 0.1) is 34.7 Å². The molecule has 0 bridgehead atoms. The Morgan fingerprint density at radius 3 is 2.23 bits per heavy atom. The number of aryl methyl sites for hydroxylation is 2.